The van der Waals surface area contributed by atoms with Crippen LogP contribution in [-0.2, 0) is 4.79 Å². The summed E-state index contributed by atoms with van der Waals surface area (Å²) in [5.41, 5.74) is 0.958. The van der Waals surface area contributed by atoms with Gasteiger partial charge in [0.1, 0.15) is 18.2 Å². The molecule has 1 N–H and O–H groups in total. The summed E-state index contributed by atoms with van der Waals surface area (Å²) >= 11 is 0. The highest BCUT2D eigenvalue weighted by Gasteiger charge is 2.57. The summed E-state index contributed by atoms with van der Waals surface area (Å²) in [6.45, 7) is 4.04. The minimum atomic E-state index is -2.73. The van der Waals surface area contributed by atoms with Crippen molar-refractivity contribution >= 4 is 11.7 Å². The first-order valence-electron chi connectivity index (χ1n) is 10.5. The highest BCUT2D eigenvalue weighted by molar-refractivity contribution is 5.73. The number of hydrogen-bond acceptors (Lipinski definition) is 6. The molecule has 0 bridgehead atoms. The molecule has 1 saturated carbocycles. The number of halogens is 3. The standard InChI is InChI=1S/C22H25F3N4O3/c1-13(28-14(2)30)15-3-5-17(6-4-15)32-18-7-8-29(10-18)20-19(23)21(27-12-26-20)31-11-16-9-22(16,24)25/h3-6,12-13,16,18H,7-11H2,1-2H3,(H,28,30)/t13-,16+,18+/m0/s1. The van der Waals surface area contributed by atoms with E-state index >= 15 is 0 Å². The molecule has 1 aliphatic heterocycles. The molecule has 1 aromatic heterocycles. The van der Waals surface area contributed by atoms with Crippen LogP contribution in [0.3, 0.4) is 0 Å². The van der Waals surface area contributed by atoms with Gasteiger partial charge in [-0.1, -0.05) is 12.1 Å². The lowest BCUT2D eigenvalue weighted by molar-refractivity contribution is -0.119. The molecular formula is C22H25F3N4O3. The first-order chi connectivity index (χ1) is 15.2. The number of benzene rings is 1. The number of aromatic nitrogens is 2. The Morgan fingerprint density at radius 2 is 2.03 bits per heavy atom. The Hall–Kier alpha value is -3.04. The second-order valence-corrected chi connectivity index (χ2v) is 8.26. The summed E-state index contributed by atoms with van der Waals surface area (Å²) in [6.07, 6.45) is 1.42. The van der Waals surface area contributed by atoms with Crippen molar-refractivity contribution in [3.63, 3.8) is 0 Å². The van der Waals surface area contributed by atoms with E-state index < -0.39 is 17.7 Å². The number of nitrogens with one attached hydrogen (secondary N) is 1. The van der Waals surface area contributed by atoms with Gasteiger partial charge in [-0.3, -0.25) is 4.79 Å². The zero-order valence-corrected chi connectivity index (χ0v) is 17.9. The Balaban J connectivity index is 1.33. The molecule has 1 saturated heterocycles. The van der Waals surface area contributed by atoms with Crippen molar-refractivity contribution in [2.45, 2.75) is 44.8 Å². The number of amides is 1. The average Bonchev–Trinajstić information content (AvgIpc) is 3.12. The van der Waals surface area contributed by atoms with Gasteiger partial charge in [0.25, 0.3) is 11.8 Å². The van der Waals surface area contributed by atoms with Gasteiger partial charge < -0.3 is 19.7 Å². The van der Waals surface area contributed by atoms with Gasteiger partial charge in [0.05, 0.1) is 25.1 Å². The average molecular weight is 450 g/mol. The Morgan fingerprint density at radius 1 is 1.31 bits per heavy atom. The third-order valence-corrected chi connectivity index (χ3v) is 5.66. The molecule has 1 aliphatic carbocycles. The predicted molar refractivity (Wildman–Crippen MR) is 110 cm³/mol. The van der Waals surface area contributed by atoms with Gasteiger partial charge in [0.2, 0.25) is 11.7 Å². The van der Waals surface area contributed by atoms with E-state index in [2.05, 4.69) is 15.3 Å². The molecule has 2 fully saturated rings. The smallest absolute Gasteiger partial charge is 0.255 e. The van der Waals surface area contributed by atoms with Crippen LogP contribution in [0.25, 0.3) is 0 Å². The molecule has 10 heteroatoms. The molecule has 4 rings (SSSR count). The van der Waals surface area contributed by atoms with Crippen LogP contribution in [0.15, 0.2) is 30.6 Å². The van der Waals surface area contributed by atoms with E-state index in [1.807, 2.05) is 31.2 Å². The van der Waals surface area contributed by atoms with Crippen LogP contribution in [-0.4, -0.2) is 47.6 Å². The topological polar surface area (TPSA) is 76.6 Å². The molecule has 2 aromatic rings. The maximum absolute atomic E-state index is 14.8. The minimum Gasteiger partial charge on any atom is -0.489 e. The van der Waals surface area contributed by atoms with Crippen molar-refractivity contribution in [2.24, 2.45) is 5.92 Å². The molecule has 0 radical (unpaired) electrons. The number of hydrogen-bond donors (Lipinski definition) is 1. The number of rotatable bonds is 8. The molecule has 3 atom stereocenters. The summed E-state index contributed by atoms with van der Waals surface area (Å²) in [7, 11) is 0. The van der Waals surface area contributed by atoms with E-state index in [4.69, 9.17) is 9.47 Å². The molecule has 32 heavy (non-hydrogen) atoms. The zero-order valence-electron chi connectivity index (χ0n) is 17.9. The van der Waals surface area contributed by atoms with Crippen molar-refractivity contribution in [2.75, 3.05) is 24.6 Å². The minimum absolute atomic E-state index is 0.0723. The first-order valence-corrected chi connectivity index (χ1v) is 10.5. The van der Waals surface area contributed by atoms with Crippen LogP contribution in [0.5, 0.6) is 11.6 Å². The summed E-state index contributed by atoms with van der Waals surface area (Å²) in [5.74, 6) is -4.04. The highest BCUT2D eigenvalue weighted by Crippen LogP contribution is 2.48. The van der Waals surface area contributed by atoms with Crippen molar-refractivity contribution < 1.29 is 27.4 Å². The number of carbonyl (C=O) groups is 1. The second-order valence-electron chi connectivity index (χ2n) is 8.26. The predicted octanol–water partition coefficient (Wildman–Crippen LogP) is 3.50. The molecule has 0 unspecified atom stereocenters. The van der Waals surface area contributed by atoms with Gasteiger partial charge in [0, 0.05) is 26.3 Å². The summed E-state index contributed by atoms with van der Waals surface area (Å²) in [4.78, 5) is 20.7. The molecule has 172 valence electrons. The van der Waals surface area contributed by atoms with Gasteiger partial charge in [-0.05, 0) is 24.6 Å². The fraction of sp³-hybridized carbons (Fsp3) is 0.500. The third-order valence-electron chi connectivity index (χ3n) is 5.66. The van der Waals surface area contributed by atoms with Gasteiger partial charge in [-0.15, -0.1) is 0 Å². The first kappa shape index (κ1) is 22.2. The Labute approximate surface area is 183 Å². The van der Waals surface area contributed by atoms with Crippen molar-refractivity contribution in [3.8, 4) is 11.6 Å². The lowest BCUT2D eigenvalue weighted by Crippen LogP contribution is -2.26. The SMILES string of the molecule is CC(=O)N[C@@H](C)c1ccc(O[C@@H]2CCN(c3ncnc(OC[C@H]4CC4(F)F)c3F)C2)cc1. The third kappa shape index (κ3) is 5.05. The van der Waals surface area contributed by atoms with E-state index in [9.17, 15) is 18.0 Å². The molecule has 2 aliphatic rings. The summed E-state index contributed by atoms with van der Waals surface area (Å²) < 4.78 is 52.0. The number of anilines is 1. The fourth-order valence-electron chi connectivity index (χ4n) is 3.73. The number of alkyl halides is 2. The highest BCUT2D eigenvalue weighted by atomic mass is 19.3. The van der Waals surface area contributed by atoms with E-state index in [1.54, 1.807) is 4.90 Å². The van der Waals surface area contributed by atoms with Crippen molar-refractivity contribution in [1.29, 1.82) is 0 Å². The van der Waals surface area contributed by atoms with Gasteiger partial charge in [0.15, 0.2) is 5.82 Å². The Kier molecular flexibility index (Phi) is 6.12. The number of ether oxygens (including phenoxy) is 2. The quantitative estimate of drug-likeness (QED) is 0.664. The lowest BCUT2D eigenvalue weighted by Gasteiger charge is -2.19. The monoisotopic (exact) mass is 450 g/mol. The van der Waals surface area contributed by atoms with E-state index in [0.29, 0.717) is 25.3 Å². The molecule has 7 nitrogen and oxygen atoms in total. The largest absolute Gasteiger partial charge is 0.489 e. The van der Waals surface area contributed by atoms with E-state index in [-0.39, 0.29) is 42.8 Å². The van der Waals surface area contributed by atoms with Gasteiger partial charge in [-0.2, -0.15) is 9.37 Å². The van der Waals surface area contributed by atoms with Gasteiger partial charge >= 0.3 is 0 Å². The molecule has 0 spiro atoms. The summed E-state index contributed by atoms with van der Waals surface area (Å²) in [5, 5.41) is 2.83. The Morgan fingerprint density at radius 3 is 2.69 bits per heavy atom. The lowest BCUT2D eigenvalue weighted by atomic mass is 10.1. The number of nitrogens with zero attached hydrogens (tertiary/aromatic N) is 3. The van der Waals surface area contributed by atoms with Crippen LogP contribution < -0.4 is 19.7 Å². The fourth-order valence-corrected chi connectivity index (χ4v) is 3.73. The van der Waals surface area contributed by atoms with E-state index in [0.717, 1.165) is 5.56 Å². The van der Waals surface area contributed by atoms with E-state index in [1.165, 1.54) is 13.3 Å². The second kappa shape index (κ2) is 8.84. The molecule has 2 heterocycles. The maximum atomic E-state index is 14.8. The molecule has 1 amide bonds. The summed E-state index contributed by atoms with van der Waals surface area (Å²) in [6, 6.07) is 7.34. The molecular weight excluding hydrogens is 425 g/mol. The maximum Gasteiger partial charge on any atom is 0.255 e. The van der Waals surface area contributed by atoms with Crippen LogP contribution in [0.2, 0.25) is 0 Å². The molecule has 1 aromatic carbocycles. The van der Waals surface area contributed by atoms with Crippen LogP contribution in [0, 0.1) is 11.7 Å². The zero-order chi connectivity index (χ0) is 22.9. The van der Waals surface area contributed by atoms with Crippen LogP contribution in [0.1, 0.15) is 38.3 Å². The van der Waals surface area contributed by atoms with Gasteiger partial charge in [-0.25, -0.2) is 13.8 Å². The number of carbonyl (C=O) groups excluding carboxylic acids is 1. The van der Waals surface area contributed by atoms with Crippen molar-refractivity contribution in [3.05, 3.63) is 42.0 Å². The van der Waals surface area contributed by atoms with Crippen molar-refractivity contribution in [1.82, 2.24) is 15.3 Å². The van der Waals surface area contributed by atoms with Crippen LogP contribution in [0.4, 0.5) is 19.0 Å². The normalized spacial score (nSPS) is 22.3. The Bertz CT molecular complexity index is 973. The van der Waals surface area contributed by atoms with Crippen LogP contribution >= 0.6 is 0 Å².